The summed E-state index contributed by atoms with van der Waals surface area (Å²) in [4.78, 5) is 13.7. The summed E-state index contributed by atoms with van der Waals surface area (Å²) in [5.74, 6) is -0.0509. The van der Waals surface area contributed by atoms with Crippen molar-refractivity contribution in [2.45, 2.75) is 32.5 Å². The van der Waals surface area contributed by atoms with Gasteiger partial charge in [0, 0.05) is 13.1 Å². The highest BCUT2D eigenvalue weighted by molar-refractivity contribution is 7.19. The number of primary amides is 1. The fourth-order valence-corrected chi connectivity index (χ4v) is 3.13. The maximum Gasteiger partial charge on any atom is 0.261 e. The molecular weight excluding hydrogens is 266 g/mol. The third-order valence-corrected chi connectivity index (χ3v) is 4.17. The molecule has 1 aromatic heterocycles. The van der Waals surface area contributed by atoms with Crippen LogP contribution >= 0.6 is 11.3 Å². The summed E-state index contributed by atoms with van der Waals surface area (Å²) in [6.45, 7) is 5.02. The van der Waals surface area contributed by atoms with Crippen molar-refractivity contribution in [1.82, 2.24) is 0 Å². The van der Waals surface area contributed by atoms with E-state index in [2.05, 4.69) is 0 Å². The number of nitrogens with two attached hydrogens (primary N) is 2. The molecule has 1 saturated heterocycles. The third kappa shape index (κ3) is 2.76. The number of amides is 1. The molecule has 1 amide bonds. The fraction of sp³-hybridized carbons (Fsp3) is 0.583. The third-order valence-electron chi connectivity index (χ3n) is 2.91. The van der Waals surface area contributed by atoms with E-state index in [1.54, 1.807) is 0 Å². The zero-order valence-electron chi connectivity index (χ0n) is 11.0. The van der Waals surface area contributed by atoms with Crippen molar-refractivity contribution in [1.29, 1.82) is 0 Å². The van der Waals surface area contributed by atoms with Gasteiger partial charge in [0.15, 0.2) is 5.75 Å². The highest BCUT2D eigenvalue weighted by Gasteiger charge is 2.29. The number of nitrogen functional groups attached to an aromatic ring is 1. The first-order valence-corrected chi connectivity index (χ1v) is 7.03. The van der Waals surface area contributed by atoms with Crippen molar-refractivity contribution in [2.24, 2.45) is 5.73 Å². The first kappa shape index (κ1) is 14.0. The van der Waals surface area contributed by atoms with E-state index in [1.807, 2.05) is 18.7 Å². The SMILES string of the molecule is CC(C)Oc1c(N2CCC(O)C2)sc(C(N)=O)c1N. The van der Waals surface area contributed by atoms with Gasteiger partial charge in [-0.05, 0) is 20.3 Å². The van der Waals surface area contributed by atoms with Crippen LogP contribution in [0.1, 0.15) is 29.9 Å². The quantitative estimate of drug-likeness (QED) is 0.759. The molecule has 0 aromatic carbocycles. The molecule has 1 aliphatic rings. The Morgan fingerprint density at radius 1 is 1.58 bits per heavy atom. The molecule has 2 heterocycles. The minimum absolute atomic E-state index is 0.0519. The number of β-amino-alcohol motifs (C(OH)–C–C–N with tert-alkyl or cyclic N) is 1. The number of aliphatic hydroxyl groups excluding tert-OH is 1. The molecule has 0 aliphatic carbocycles. The fourth-order valence-electron chi connectivity index (χ4n) is 2.08. The number of aliphatic hydroxyl groups is 1. The Labute approximate surface area is 115 Å². The molecule has 0 bridgehead atoms. The number of carbonyl (C=O) groups is 1. The average Bonchev–Trinajstić information content (AvgIpc) is 2.84. The lowest BCUT2D eigenvalue weighted by Gasteiger charge is -2.19. The second kappa shape index (κ2) is 5.26. The molecule has 1 fully saturated rings. The Bertz CT molecular complexity index is 487. The van der Waals surface area contributed by atoms with Gasteiger partial charge >= 0.3 is 0 Å². The van der Waals surface area contributed by atoms with E-state index in [9.17, 15) is 9.90 Å². The van der Waals surface area contributed by atoms with E-state index in [0.717, 1.165) is 5.00 Å². The Morgan fingerprint density at radius 2 is 2.26 bits per heavy atom. The van der Waals surface area contributed by atoms with Crippen LogP contribution in [0.15, 0.2) is 0 Å². The molecule has 7 heteroatoms. The lowest BCUT2D eigenvalue weighted by molar-refractivity contribution is 0.100. The van der Waals surface area contributed by atoms with Crippen LogP contribution in [0, 0.1) is 0 Å². The van der Waals surface area contributed by atoms with E-state index >= 15 is 0 Å². The number of carbonyl (C=O) groups excluding carboxylic acids is 1. The van der Waals surface area contributed by atoms with Gasteiger partial charge in [-0.1, -0.05) is 0 Å². The monoisotopic (exact) mass is 285 g/mol. The van der Waals surface area contributed by atoms with Gasteiger partial charge in [0.1, 0.15) is 15.6 Å². The number of ether oxygens (including phenoxy) is 1. The lowest BCUT2D eigenvalue weighted by atomic mass is 10.3. The molecule has 0 radical (unpaired) electrons. The molecule has 1 atom stereocenters. The van der Waals surface area contributed by atoms with Crippen LogP contribution in [0.3, 0.4) is 0 Å². The summed E-state index contributed by atoms with van der Waals surface area (Å²) in [5, 5.41) is 10.4. The summed E-state index contributed by atoms with van der Waals surface area (Å²) >= 11 is 1.23. The van der Waals surface area contributed by atoms with Crippen molar-refractivity contribution in [3.05, 3.63) is 4.88 Å². The molecule has 2 rings (SSSR count). The van der Waals surface area contributed by atoms with E-state index in [4.69, 9.17) is 16.2 Å². The molecule has 0 saturated carbocycles. The summed E-state index contributed by atoms with van der Waals surface area (Å²) in [7, 11) is 0. The number of hydrogen-bond donors (Lipinski definition) is 3. The summed E-state index contributed by atoms with van der Waals surface area (Å²) in [5.41, 5.74) is 11.6. The second-order valence-electron chi connectivity index (χ2n) is 4.90. The first-order chi connectivity index (χ1) is 8.90. The molecule has 6 nitrogen and oxygen atoms in total. The van der Waals surface area contributed by atoms with Gasteiger partial charge in [-0.2, -0.15) is 0 Å². The van der Waals surface area contributed by atoms with Crippen LogP contribution in [0.5, 0.6) is 5.75 Å². The van der Waals surface area contributed by atoms with Gasteiger partial charge < -0.3 is 26.2 Å². The van der Waals surface area contributed by atoms with Gasteiger partial charge in [0.25, 0.3) is 5.91 Å². The normalized spacial score (nSPS) is 19.2. The second-order valence-corrected chi connectivity index (χ2v) is 5.90. The molecule has 19 heavy (non-hydrogen) atoms. The Balaban J connectivity index is 2.40. The Kier molecular flexibility index (Phi) is 3.86. The minimum atomic E-state index is -0.554. The number of thiophene rings is 1. The standard InChI is InChI=1S/C12H19N3O3S/c1-6(2)18-9-8(13)10(11(14)17)19-12(9)15-4-3-7(16)5-15/h6-7,16H,3-5,13H2,1-2H3,(H2,14,17). The molecule has 5 N–H and O–H groups in total. The number of hydrogen-bond acceptors (Lipinski definition) is 6. The van der Waals surface area contributed by atoms with E-state index in [0.29, 0.717) is 35.8 Å². The highest BCUT2D eigenvalue weighted by atomic mass is 32.1. The van der Waals surface area contributed by atoms with Crippen molar-refractivity contribution in [2.75, 3.05) is 23.7 Å². The highest BCUT2D eigenvalue weighted by Crippen LogP contribution is 2.46. The number of anilines is 2. The Morgan fingerprint density at radius 3 is 2.74 bits per heavy atom. The van der Waals surface area contributed by atoms with Crippen LogP contribution < -0.4 is 21.1 Å². The maximum absolute atomic E-state index is 11.4. The summed E-state index contributed by atoms with van der Waals surface area (Å²) in [6.07, 6.45) is 0.293. The molecule has 0 spiro atoms. The Hall–Kier alpha value is -1.47. The van der Waals surface area contributed by atoms with Gasteiger partial charge in [-0.25, -0.2) is 0 Å². The van der Waals surface area contributed by atoms with Crippen LogP contribution in [0.25, 0.3) is 0 Å². The van der Waals surface area contributed by atoms with Crippen molar-refractivity contribution in [3.63, 3.8) is 0 Å². The van der Waals surface area contributed by atoms with Crippen LogP contribution in [0.2, 0.25) is 0 Å². The molecule has 1 aliphatic heterocycles. The minimum Gasteiger partial charge on any atom is -0.486 e. The lowest BCUT2D eigenvalue weighted by Crippen LogP contribution is -2.21. The number of rotatable bonds is 4. The van der Waals surface area contributed by atoms with Gasteiger partial charge in [-0.15, -0.1) is 11.3 Å². The van der Waals surface area contributed by atoms with Crippen LogP contribution in [0.4, 0.5) is 10.7 Å². The van der Waals surface area contributed by atoms with E-state index < -0.39 is 5.91 Å². The predicted octanol–water partition coefficient (Wildman–Crippen LogP) is 0.787. The molecule has 1 unspecified atom stereocenters. The smallest absolute Gasteiger partial charge is 0.261 e. The van der Waals surface area contributed by atoms with E-state index in [1.165, 1.54) is 11.3 Å². The largest absolute Gasteiger partial charge is 0.486 e. The topological polar surface area (TPSA) is 102 Å². The van der Waals surface area contributed by atoms with Crippen molar-refractivity contribution in [3.8, 4) is 5.75 Å². The maximum atomic E-state index is 11.4. The number of nitrogens with zero attached hydrogens (tertiary/aromatic N) is 1. The predicted molar refractivity (Wildman–Crippen MR) is 75.9 cm³/mol. The molecule has 106 valence electrons. The molecule has 1 aromatic rings. The zero-order valence-corrected chi connectivity index (χ0v) is 11.9. The van der Waals surface area contributed by atoms with Gasteiger partial charge in [0.2, 0.25) is 0 Å². The van der Waals surface area contributed by atoms with Crippen molar-refractivity contribution >= 4 is 27.9 Å². The van der Waals surface area contributed by atoms with Crippen molar-refractivity contribution < 1.29 is 14.6 Å². The van der Waals surface area contributed by atoms with Crippen LogP contribution in [-0.4, -0.2) is 36.3 Å². The van der Waals surface area contributed by atoms with E-state index in [-0.39, 0.29) is 12.2 Å². The summed E-state index contributed by atoms with van der Waals surface area (Å²) < 4.78 is 5.71. The first-order valence-electron chi connectivity index (χ1n) is 6.22. The van der Waals surface area contributed by atoms with Crippen LogP contribution in [-0.2, 0) is 0 Å². The average molecular weight is 285 g/mol. The molecular formula is C12H19N3O3S. The van der Waals surface area contributed by atoms with Gasteiger partial charge in [0.05, 0.1) is 12.2 Å². The van der Waals surface area contributed by atoms with Gasteiger partial charge in [-0.3, -0.25) is 4.79 Å². The summed E-state index contributed by atoms with van der Waals surface area (Å²) in [6, 6.07) is 0. The zero-order chi connectivity index (χ0) is 14.2.